The summed E-state index contributed by atoms with van der Waals surface area (Å²) in [5.74, 6) is 0.556. The fraction of sp³-hybridized carbons (Fsp3) is 0.286. The van der Waals surface area contributed by atoms with Crippen molar-refractivity contribution in [3.05, 3.63) is 27.7 Å². The Kier molecular flexibility index (Phi) is 4.44. The molecule has 6 heteroatoms. The van der Waals surface area contributed by atoms with E-state index in [0.29, 0.717) is 23.7 Å². The van der Waals surface area contributed by atoms with Gasteiger partial charge < -0.3 is 9.47 Å². The van der Waals surface area contributed by atoms with E-state index >= 15 is 0 Å². The smallest absolute Gasteiger partial charge is 0.254 e. The van der Waals surface area contributed by atoms with Gasteiger partial charge in [-0.25, -0.2) is 0 Å². The Balaban J connectivity index is 2.40. The van der Waals surface area contributed by atoms with Crippen LogP contribution in [-0.4, -0.2) is 25.5 Å². The summed E-state index contributed by atoms with van der Waals surface area (Å²) in [6.07, 6.45) is 1.78. The number of hydrogen-bond acceptors (Lipinski definition) is 4. The predicted octanol–water partition coefficient (Wildman–Crippen LogP) is 2.29. The van der Waals surface area contributed by atoms with Gasteiger partial charge in [-0.05, 0) is 46.6 Å². The number of methoxy groups -OCH3 is 1. The Labute approximate surface area is 125 Å². The minimum atomic E-state index is -0.347. The standard InChI is InChI=1S/C14H14BrNO4/c1-3-20-11-6-8(5-10(15)13(11)19-2)4-9-7-12(17)16-14(9)18/h4-6H,3,7H2,1-2H3,(H,16,17,18). The molecular weight excluding hydrogens is 326 g/mol. The molecule has 1 heterocycles. The van der Waals surface area contributed by atoms with Crippen LogP contribution in [0.4, 0.5) is 0 Å². The molecular formula is C14H14BrNO4. The van der Waals surface area contributed by atoms with E-state index in [1.165, 1.54) is 0 Å². The van der Waals surface area contributed by atoms with Crippen molar-refractivity contribution in [2.45, 2.75) is 13.3 Å². The molecule has 1 fully saturated rings. The number of benzene rings is 1. The highest BCUT2D eigenvalue weighted by Crippen LogP contribution is 2.37. The average Bonchev–Trinajstić information content (AvgIpc) is 2.68. The number of ether oxygens (including phenoxy) is 2. The van der Waals surface area contributed by atoms with Crippen LogP contribution in [0.1, 0.15) is 18.9 Å². The van der Waals surface area contributed by atoms with Gasteiger partial charge in [0.2, 0.25) is 5.91 Å². The van der Waals surface area contributed by atoms with Crippen LogP contribution in [0.15, 0.2) is 22.2 Å². The lowest BCUT2D eigenvalue weighted by atomic mass is 10.1. The highest BCUT2D eigenvalue weighted by atomic mass is 79.9. The second-order valence-electron chi connectivity index (χ2n) is 4.19. The molecule has 1 aliphatic rings. The second kappa shape index (κ2) is 6.09. The van der Waals surface area contributed by atoms with Crippen molar-refractivity contribution in [2.75, 3.05) is 13.7 Å². The van der Waals surface area contributed by atoms with E-state index in [1.807, 2.05) is 13.0 Å². The molecule has 0 saturated carbocycles. The van der Waals surface area contributed by atoms with Crippen molar-refractivity contribution in [1.82, 2.24) is 5.32 Å². The van der Waals surface area contributed by atoms with Crippen LogP contribution in [0.5, 0.6) is 11.5 Å². The molecule has 2 rings (SSSR count). The van der Waals surface area contributed by atoms with Crippen molar-refractivity contribution < 1.29 is 19.1 Å². The fourth-order valence-electron chi connectivity index (χ4n) is 1.95. The zero-order valence-electron chi connectivity index (χ0n) is 11.2. The van der Waals surface area contributed by atoms with E-state index in [0.717, 1.165) is 10.0 Å². The second-order valence-corrected chi connectivity index (χ2v) is 5.05. The first kappa shape index (κ1) is 14.6. The van der Waals surface area contributed by atoms with Gasteiger partial charge in [-0.15, -0.1) is 0 Å². The SMILES string of the molecule is CCOc1cc(C=C2CC(=O)NC2=O)cc(Br)c1OC. The number of hydrogen-bond donors (Lipinski definition) is 1. The minimum Gasteiger partial charge on any atom is -0.492 e. The fourth-order valence-corrected chi connectivity index (χ4v) is 2.58. The number of nitrogens with one attached hydrogen (secondary N) is 1. The van der Waals surface area contributed by atoms with Gasteiger partial charge >= 0.3 is 0 Å². The third-order valence-electron chi connectivity index (χ3n) is 2.77. The van der Waals surface area contributed by atoms with Gasteiger partial charge in [0.25, 0.3) is 5.91 Å². The summed E-state index contributed by atoms with van der Waals surface area (Å²) in [4.78, 5) is 22.7. The highest BCUT2D eigenvalue weighted by Gasteiger charge is 2.23. The average molecular weight is 340 g/mol. The number of amides is 2. The van der Waals surface area contributed by atoms with E-state index < -0.39 is 0 Å². The molecule has 2 amide bonds. The lowest BCUT2D eigenvalue weighted by molar-refractivity contribution is -0.124. The maximum Gasteiger partial charge on any atom is 0.254 e. The number of halogens is 1. The van der Waals surface area contributed by atoms with E-state index in [-0.39, 0.29) is 18.2 Å². The molecule has 0 unspecified atom stereocenters. The van der Waals surface area contributed by atoms with Crippen LogP contribution in [0, 0.1) is 0 Å². The van der Waals surface area contributed by atoms with Crippen LogP contribution >= 0.6 is 15.9 Å². The van der Waals surface area contributed by atoms with Crippen LogP contribution in [0.2, 0.25) is 0 Å². The molecule has 0 atom stereocenters. The number of carbonyl (C=O) groups is 2. The monoisotopic (exact) mass is 339 g/mol. The Morgan fingerprint density at radius 2 is 2.15 bits per heavy atom. The first-order valence-electron chi connectivity index (χ1n) is 6.10. The number of rotatable bonds is 4. The van der Waals surface area contributed by atoms with Crippen LogP contribution < -0.4 is 14.8 Å². The van der Waals surface area contributed by atoms with Crippen molar-refractivity contribution in [1.29, 1.82) is 0 Å². The molecule has 1 saturated heterocycles. The van der Waals surface area contributed by atoms with Gasteiger partial charge in [-0.1, -0.05) is 0 Å². The van der Waals surface area contributed by atoms with Crippen molar-refractivity contribution in [3.8, 4) is 11.5 Å². The van der Waals surface area contributed by atoms with Crippen molar-refractivity contribution >= 4 is 33.8 Å². The maximum atomic E-state index is 11.5. The molecule has 1 aliphatic heterocycles. The molecule has 1 aromatic rings. The van der Waals surface area contributed by atoms with Gasteiger partial charge in [0.05, 0.1) is 24.6 Å². The molecule has 0 spiro atoms. The van der Waals surface area contributed by atoms with Gasteiger partial charge in [0.15, 0.2) is 11.5 Å². The number of imide groups is 1. The normalized spacial score (nSPS) is 16.4. The molecule has 0 aromatic heterocycles. The van der Waals surface area contributed by atoms with E-state index in [1.54, 1.807) is 19.3 Å². The summed E-state index contributed by atoms with van der Waals surface area (Å²) < 4.78 is 11.5. The first-order chi connectivity index (χ1) is 9.55. The topological polar surface area (TPSA) is 64.6 Å². The number of carbonyl (C=O) groups excluding carboxylic acids is 2. The Bertz CT molecular complexity index is 595. The maximum absolute atomic E-state index is 11.5. The molecule has 0 aliphatic carbocycles. The largest absolute Gasteiger partial charge is 0.492 e. The van der Waals surface area contributed by atoms with E-state index in [9.17, 15) is 9.59 Å². The van der Waals surface area contributed by atoms with Gasteiger partial charge in [-0.3, -0.25) is 14.9 Å². The third-order valence-corrected chi connectivity index (χ3v) is 3.36. The molecule has 106 valence electrons. The first-order valence-corrected chi connectivity index (χ1v) is 6.89. The summed E-state index contributed by atoms with van der Waals surface area (Å²) in [5, 5.41) is 2.25. The Morgan fingerprint density at radius 3 is 2.70 bits per heavy atom. The highest BCUT2D eigenvalue weighted by molar-refractivity contribution is 9.10. The van der Waals surface area contributed by atoms with Gasteiger partial charge in [0, 0.05) is 5.57 Å². The predicted molar refractivity (Wildman–Crippen MR) is 77.6 cm³/mol. The van der Waals surface area contributed by atoms with E-state index in [2.05, 4.69) is 21.2 Å². The minimum absolute atomic E-state index is 0.104. The van der Waals surface area contributed by atoms with Crippen LogP contribution in [0.25, 0.3) is 6.08 Å². The molecule has 0 radical (unpaired) electrons. The Morgan fingerprint density at radius 1 is 1.40 bits per heavy atom. The lowest BCUT2D eigenvalue weighted by Gasteiger charge is -2.12. The van der Waals surface area contributed by atoms with E-state index in [4.69, 9.17) is 9.47 Å². The molecule has 1 aromatic carbocycles. The zero-order valence-corrected chi connectivity index (χ0v) is 12.7. The molecule has 1 N–H and O–H groups in total. The summed E-state index contributed by atoms with van der Waals surface area (Å²) in [5.41, 5.74) is 1.20. The quantitative estimate of drug-likeness (QED) is 0.675. The van der Waals surface area contributed by atoms with Gasteiger partial charge in [0.1, 0.15) is 0 Å². The van der Waals surface area contributed by atoms with Crippen LogP contribution in [-0.2, 0) is 9.59 Å². The lowest BCUT2D eigenvalue weighted by Crippen LogP contribution is -2.19. The summed E-state index contributed by atoms with van der Waals surface area (Å²) >= 11 is 3.40. The molecule has 5 nitrogen and oxygen atoms in total. The van der Waals surface area contributed by atoms with Gasteiger partial charge in [-0.2, -0.15) is 0 Å². The molecule has 0 bridgehead atoms. The Hall–Kier alpha value is -1.82. The molecule has 20 heavy (non-hydrogen) atoms. The summed E-state index contributed by atoms with van der Waals surface area (Å²) in [6, 6.07) is 3.58. The van der Waals surface area contributed by atoms with Crippen LogP contribution in [0.3, 0.4) is 0 Å². The summed E-state index contributed by atoms with van der Waals surface area (Å²) in [7, 11) is 1.56. The third kappa shape index (κ3) is 3.01. The van der Waals surface area contributed by atoms with Crippen molar-refractivity contribution in [3.63, 3.8) is 0 Å². The summed E-state index contributed by atoms with van der Waals surface area (Å²) in [6.45, 7) is 2.38. The van der Waals surface area contributed by atoms with Crippen molar-refractivity contribution in [2.24, 2.45) is 0 Å². The zero-order chi connectivity index (χ0) is 14.7.